The Labute approximate surface area is 119 Å². The lowest BCUT2D eigenvalue weighted by Gasteiger charge is -2.27. The molecule has 20 heavy (non-hydrogen) atoms. The molecule has 1 amide bonds. The molecule has 1 aliphatic heterocycles. The van der Waals surface area contributed by atoms with E-state index in [0.717, 1.165) is 13.0 Å². The summed E-state index contributed by atoms with van der Waals surface area (Å²) in [4.78, 5) is 14.5. The molecule has 1 saturated heterocycles. The molecule has 3 N–H and O–H groups in total. The van der Waals surface area contributed by atoms with Crippen molar-refractivity contribution in [1.82, 2.24) is 4.90 Å². The molecule has 0 aliphatic carbocycles. The quantitative estimate of drug-likeness (QED) is 0.836. The molecule has 5 heteroatoms. The van der Waals surface area contributed by atoms with Crippen molar-refractivity contribution in [3.63, 3.8) is 0 Å². The summed E-state index contributed by atoms with van der Waals surface area (Å²) in [5.41, 5.74) is 6.41. The number of nitrogens with zero attached hydrogens (tertiary/aromatic N) is 1. The second-order valence-corrected chi connectivity index (χ2v) is 5.78. The van der Waals surface area contributed by atoms with Crippen molar-refractivity contribution in [2.24, 2.45) is 5.92 Å². The first-order valence-electron chi connectivity index (χ1n) is 7.00. The molecule has 3 atom stereocenters. The number of nitrogen functional groups attached to an aromatic ring is 1. The molecule has 3 unspecified atom stereocenters. The minimum Gasteiger partial charge on any atom is -0.397 e. The lowest BCUT2D eigenvalue weighted by molar-refractivity contribution is -0.121. The molecule has 2 rings (SSSR count). The van der Waals surface area contributed by atoms with Gasteiger partial charge in [0.05, 0.1) is 17.4 Å². The SMILES string of the molecule is CC1CC(C)N(C(C)C(=O)Nc2ccc(F)cc2N)C1. The summed E-state index contributed by atoms with van der Waals surface area (Å²) in [6.07, 6.45) is 1.11. The molecule has 0 aromatic heterocycles. The van der Waals surface area contributed by atoms with Gasteiger partial charge in [-0.15, -0.1) is 0 Å². The third-order valence-electron chi connectivity index (χ3n) is 3.98. The number of nitrogens with one attached hydrogen (secondary N) is 1. The van der Waals surface area contributed by atoms with Crippen molar-refractivity contribution < 1.29 is 9.18 Å². The fourth-order valence-corrected chi connectivity index (χ4v) is 2.91. The zero-order chi connectivity index (χ0) is 14.9. The highest BCUT2D eigenvalue weighted by atomic mass is 19.1. The van der Waals surface area contributed by atoms with Crippen LogP contribution in [0.2, 0.25) is 0 Å². The minimum absolute atomic E-state index is 0.107. The van der Waals surface area contributed by atoms with E-state index in [4.69, 9.17) is 5.73 Å². The Kier molecular flexibility index (Phi) is 4.28. The Morgan fingerprint density at radius 1 is 1.50 bits per heavy atom. The third kappa shape index (κ3) is 3.10. The van der Waals surface area contributed by atoms with E-state index in [1.165, 1.54) is 18.2 Å². The second kappa shape index (κ2) is 5.79. The molecule has 1 fully saturated rings. The smallest absolute Gasteiger partial charge is 0.241 e. The Morgan fingerprint density at radius 2 is 2.20 bits per heavy atom. The van der Waals surface area contributed by atoms with E-state index in [-0.39, 0.29) is 17.6 Å². The maximum Gasteiger partial charge on any atom is 0.241 e. The summed E-state index contributed by atoms with van der Waals surface area (Å²) in [6.45, 7) is 7.15. The standard InChI is InChI=1S/C15H22FN3O/c1-9-6-10(2)19(8-9)11(3)15(20)18-14-5-4-12(16)7-13(14)17/h4-5,7,9-11H,6,8,17H2,1-3H3,(H,18,20). The van der Waals surface area contributed by atoms with Gasteiger partial charge in [-0.3, -0.25) is 9.69 Å². The van der Waals surface area contributed by atoms with Crippen LogP contribution in [-0.2, 0) is 4.79 Å². The first-order chi connectivity index (χ1) is 9.38. The minimum atomic E-state index is -0.407. The fraction of sp³-hybridized carbons (Fsp3) is 0.533. The van der Waals surface area contributed by atoms with Gasteiger partial charge in [0.15, 0.2) is 0 Å². The molecule has 1 aliphatic rings. The van der Waals surface area contributed by atoms with Gasteiger partial charge in [-0.05, 0) is 44.4 Å². The largest absolute Gasteiger partial charge is 0.397 e. The van der Waals surface area contributed by atoms with E-state index < -0.39 is 5.82 Å². The molecule has 0 radical (unpaired) electrons. The van der Waals surface area contributed by atoms with Gasteiger partial charge in [0.25, 0.3) is 0 Å². The van der Waals surface area contributed by atoms with Crippen LogP contribution in [-0.4, -0.2) is 29.4 Å². The van der Waals surface area contributed by atoms with Crippen molar-refractivity contribution in [1.29, 1.82) is 0 Å². The maximum absolute atomic E-state index is 13.0. The van der Waals surface area contributed by atoms with Crippen LogP contribution in [0.4, 0.5) is 15.8 Å². The highest BCUT2D eigenvalue weighted by Crippen LogP contribution is 2.26. The number of nitrogens with two attached hydrogens (primary N) is 1. The summed E-state index contributed by atoms with van der Waals surface area (Å²) in [6, 6.07) is 4.17. The zero-order valence-corrected chi connectivity index (χ0v) is 12.2. The van der Waals surface area contributed by atoms with Crippen molar-refractivity contribution in [3.8, 4) is 0 Å². The predicted octanol–water partition coefficient (Wildman–Crippen LogP) is 2.47. The third-order valence-corrected chi connectivity index (χ3v) is 3.98. The van der Waals surface area contributed by atoms with Gasteiger partial charge >= 0.3 is 0 Å². The van der Waals surface area contributed by atoms with Crippen LogP contribution >= 0.6 is 0 Å². The number of amides is 1. The van der Waals surface area contributed by atoms with Gasteiger partial charge in [-0.25, -0.2) is 4.39 Å². The van der Waals surface area contributed by atoms with Gasteiger partial charge in [0.2, 0.25) is 5.91 Å². The van der Waals surface area contributed by atoms with Crippen molar-refractivity contribution in [3.05, 3.63) is 24.0 Å². The number of halogens is 1. The number of benzene rings is 1. The van der Waals surface area contributed by atoms with E-state index in [0.29, 0.717) is 17.6 Å². The summed E-state index contributed by atoms with van der Waals surface area (Å²) in [7, 11) is 0. The van der Waals surface area contributed by atoms with Crippen molar-refractivity contribution in [2.75, 3.05) is 17.6 Å². The number of likely N-dealkylation sites (tertiary alicyclic amines) is 1. The average Bonchev–Trinajstić information content (AvgIpc) is 2.71. The van der Waals surface area contributed by atoms with E-state index in [9.17, 15) is 9.18 Å². The number of hydrogen-bond acceptors (Lipinski definition) is 3. The lowest BCUT2D eigenvalue weighted by atomic mass is 10.1. The summed E-state index contributed by atoms with van der Waals surface area (Å²) in [5, 5.41) is 2.78. The van der Waals surface area contributed by atoms with Crippen LogP contribution in [0.5, 0.6) is 0 Å². The molecule has 1 aromatic carbocycles. The molecule has 4 nitrogen and oxygen atoms in total. The topological polar surface area (TPSA) is 58.4 Å². The first-order valence-corrected chi connectivity index (χ1v) is 7.00. The van der Waals surface area contributed by atoms with Gasteiger partial charge in [-0.2, -0.15) is 0 Å². The van der Waals surface area contributed by atoms with Crippen molar-refractivity contribution in [2.45, 2.75) is 39.3 Å². The van der Waals surface area contributed by atoms with Crippen LogP contribution in [0, 0.1) is 11.7 Å². The fourth-order valence-electron chi connectivity index (χ4n) is 2.91. The molecular weight excluding hydrogens is 257 g/mol. The van der Waals surface area contributed by atoms with Gasteiger partial charge in [0, 0.05) is 12.6 Å². The second-order valence-electron chi connectivity index (χ2n) is 5.78. The number of hydrogen-bond donors (Lipinski definition) is 2. The van der Waals surface area contributed by atoms with Gasteiger partial charge < -0.3 is 11.1 Å². The van der Waals surface area contributed by atoms with Crippen LogP contribution in [0.25, 0.3) is 0 Å². The summed E-state index contributed by atoms with van der Waals surface area (Å²) < 4.78 is 13.0. The molecule has 1 aromatic rings. The summed E-state index contributed by atoms with van der Waals surface area (Å²) in [5.74, 6) is 0.0935. The monoisotopic (exact) mass is 279 g/mol. The Bertz CT molecular complexity index is 506. The maximum atomic E-state index is 13.0. The molecule has 110 valence electrons. The molecule has 1 heterocycles. The Hall–Kier alpha value is -1.62. The number of anilines is 2. The van der Waals surface area contributed by atoms with E-state index in [2.05, 4.69) is 24.1 Å². The van der Waals surface area contributed by atoms with Crippen molar-refractivity contribution >= 4 is 17.3 Å². The highest BCUT2D eigenvalue weighted by Gasteiger charge is 2.32. The Morgan fingerprint density at radius 3 is 2.75 bits per heavy atom. The van der Waals surface area contributed by atoms with E-state index in [1.807, 2.05) is 6.92 Å². The van der Waals surface area contributed by atoms with E-state index >= 15 is 0 Å². The average molecular weight is 279 g/mol. The van der Waals surface area contributed by atoms with Crippen LogP contribution in [0.1, 0.15) is 27.2 Å². The number of carbonyl (C=O) groups excluding carboxylic acids is 1. The first kappa shape index (κ1) is 14.8. The van der Waals surface area contributed by atoms with Crippen LogP contribution < -0.4 is 11.1 Å². The number of carbonyl (C=O) groups is 1. The molecule has 0 spiro atoms. The molecule has 0 saturated carbocycles. The number of rotatable bonds is 3. The summed E-state index contributed by atoms with van der Waals surface area (Å²) >= 11 is 0. The van der Waals surface area contributed by atoms with Gasteiger partial charge in [-0.1, -0.05) is 6.92 Å². The molecular formula is C15H22FN3O. The van der Waals surface area contributed by atoms with Crippen LogP contribution in [0.3, 0.4) is 0 Å². The normalized spacial score (nSPS) is 24.6. The Balaban J connectivity index is 2.04. The molecule has 0 bridgehead atoms. The van der Waals surface area contributed by atoms with E-state index in [1.54, 1.807) is 0 Å². The van der Waals surface area contributed by atoms with Gasteiger partial charge in [0.1, 0.15) is 5.82 Å². The highest BCUT2D eigenvalue weighted by molar-refractivity contribution is 5.97. The lowest BCUT2D eigenvalue weighted by Crippen LogP contribution is -2.43. The van der Waals surface area contributed by atoms with Crippen LogP contribution in [0.15, 0.2) is 18.2 Å². The zero-order valence-electron chi connectivity index (χ0n) is 12.2. The predicted molar refractivity (Wildman–Crippen MR) is 78.9 cm³/mol.